The highest BCUT2D eigenvalue weighted by Gasteiger charge is 2.15. The topological polar surface area (TPSA) is 87.7 Å². The molecule has 26 heavy (non-hydrogen) atoms. The number of esters is 1. The van der Waals surface area contributed by atoms with E-state index in [-0.39, 0.29) is 5.97 Å². The van der Waals surface area contributed by atoms with Crippen LogP contribution in [-0.2, 0) is 25.7 Å². The maximum atomic E-state index is 12.0. The van der Waals surface area contributed by atoms with Gasteiger partial charge >= 0.3 is 17.8 Å². The second-order valence-corrected chi connectivity index (χ2v) is 6.43. The number of anilines is 1. The van der Waals surface area contributed by atoms with Crippen molar-refractivity contribution >= 4 is 23.5 Å². The Kier molecular flexibility index (Phi) is 8.08. The van der Waals surface area contributed by atoms with Crippen LogP contribution in [0, 0.1) is 0 Å². The maximum Gasteiger partial charge on any atom is 0.313 e. The van der Waals surface area contributed by atoms with Crippen LogP contribution in [0.3, 0.4) is 0 Å². The van der Waals surface area contributed by atoms with Crippen LogP contribution >= 0.6 is 0 Å². The van der Waals surface area contributed by atoms with Crippen molar-refractivity contribution in [3.63, 3.8) is 0 Å². The summed E-state index contributed by atoms with van der Waals surface area (Å²) in [4.78, 5) is 37.2. The van der Waals surface area contributed by atoms with Crippen LogP contribution in [0.4, 0.5) is 5.69 Å². The Bertz CT molecular complexity index is 627. The summed E-state index contributed by atoms with van der Waals surface area (Å²) in [5.74, 6) is -1.63. The molecule has 1 saturated heterocycles. The molecule has 0 aromatic heterocycles. The van der Waals surface area contributed by atoms with Gasteiger partial charge in [-0.15, -0.1) is 0 Å². The van der Waals surface area contributed by atoms with Gasteiger partial charge in [0.25, 0.3) is 0 Å². The van der Waals surface area contributed by atoms with Crippen LogP contribution < -0.4 is 10.6 Å². The van der Waals surface area contributed by atoms with Crippen LogP contribution in [0.2, 0.25) is 0 Å². The number of ether oxygens (including phenoxy) is 1. The molecule has 2 rings (SSSR count). The molecule has 1 aromatic rings. The molecule has 7 heteroatoms. The van der Waals surface area contributed by atoms with Gasteiger partial charge in [0.1, 0.15) is 0 Å². The Morgan fingerprint density at radius 2 is 1.88 bits per heavy atom. The Balaban J connectivity index is 1.72. The molecule has 7 nitrogen and oxygen atoms in total. The van der Waals surface area contributed by atoms with E-state index in [9.17, 15) is 14.4 Å². The van der Waals surface area contributed by atoms with Crippen molar-refractivity contribution in [1.29, 1.82) is 0 Å². The first-order chi connectivity index (χ1) is 12.6. The fourth-order valence-electron chi connectivity index (χ4n) is 2.91. The standard InChI is InChI=1S/C19H27N3O4/c1-26-17(23)9-2-3-10-20-18(24)19(25)21-16-8-6-7-15(13-16)14-22-11-4-5-12-22/h6-8,13H,2-5,9-12,14H2,1H3,(H,20,24)(H,21,25). The zero-order valence-corrected chi connectivity index (χ0v) is 15.3. The van der Waals surface area contributed by atoms with Gasteiger partial charge in [0.05, 0.1) is 7.11 Å². The van der Waals surface area contributed by atoms with Gasteiger partial charge in [0.15, 0.2) is 0 Å². The zero-order valence-electron chi connectivity index (χ0n) is 15.3. The number of benzene rings is 1. The van der Waals surface area contributed by atoms with E-state index in [1.807, 2.05) is 18.2 Å². The molecule has 2 N–H and O–H groups in total. The molecule has 2 amide bonds. The third-order valence-electron chi connectivity index (χ3n) is 4.32. The number of methoxy groups -OCH3 is 1. The summed E-state index contributed by atoms with van der Waals surface area (Å²) in [5.41, 5.74) is 1.74. The quantitative estimate of drug-likeness (QED) is 0.418. The van der Waals surface area contributed by atoms with Crippen molar-refractivity contribution in [3.05, 3.63) is 29.8 Å². The van der Waals surface area contributed by atoms with E-state index in [1.54, 1.807) is 6.07 Å². The molecule has 0 saturated carbocycles. The summed E-state index contributed by atoms with van der Waals surface area (Å²) >= 11 is 0. The Morgan fingerprint density at radius 1 is 1.12 bits per heavy atom. The predicted octanol–water partition coefficient (Wildman–Crippen LogP) is 1.68. The average molecular weight is 361 g/mol. The summed E-state index contributed by atoms with van der Waals surface area (Å²) in [6.45, 7) is 3.41. The summed E-state index contributed by atoms with van der Waals surface area (Å²) in [6, 6.07) is 7.58. The highest BCUT2D eigenvalue weighted by Crippen LogP contribution is 2.16. The summed E-state index contributed by atoms with van der Waals surface area (Å²) in [6.07, 6.45) is 3.99. The fraction of sp³-hybridized carbons (Fsp3) is 0.526. The maximum absolute atomic E-state index is 12.0. The first-order valence-corrected chi connectivity index (χ1v) is 9.06. The van der Waals surface area contributed by atoms with Crippen molar-refractivity contribution < 1.29 is 19.1 Å². The molecule has 1 heterocycles. The highest BCUT2D eigenvalue weighted by atomic mass is 16.5. The van der Waals surface area contributed by atoms with Crippen LogP contribution in [0.5, 0.6) is 0 Å². The summed E-state index contributed by atoms with van der Waals surface area (Å²) < 4.78 is 4.54. The number of nitrogens with one attached hydrogen (secondary N) is 2. The lowest BCUT2D eigenvalue weighted by molar-refractivity contribution is -0.140. The lowest BCUT2D eigenvalue weighted by Crippen LogP contribution is -2.36. The van der Waals surface area contributed by atoms with Gasteiger partial charge in [-0.1, -0.05) is 12.1 Å². The van der Waals surface area contributed by atoms with Gasteiger partial charge in [-0.2, -0.15) is 0 Å². The number of carbonyl (C=O) groups is 3. The molecule has 1 aliphatic heterocycles. The molecule has 0 aliphatic carbocycles. The number of rotatable bonds is 8. The first kappa shape index (κ1) is 19.9. The van der Waals surface area contributed by atoms with Crippen LogP contribution in [0.1, 0.15) is 37.7 Å². The molecule has 0 radical (unpaired) electrons. The Morgan fingerprint density at radius 3 is 2.62 bits per heavy atom. The van der Waals surface area contributed by atoms with Gasteiger partial charge in [-0.25, -0.2) is 0 Å². The molecular weight excluding hydrogens is 334 g/mol. The SMILES string of the molecule is COC(=O)CCCCNC(=O)C(=O)Nc1cccc(CN2CCCC2)c1. The Labute approximate surface area is 154 Å². The predicted molar refractivity (Wildman–Crippen MR) is 98.5 cm³/mol. The normalized spacial score (nSPS) is 14.0. The van der Waals surface area contributed by atoms with E-state index in [2.05, 4.69) is 20.3 Å². The van der Waals surface area contributed by atoms with Gasteiger partial charge in [0, 0.05) is 25.2 Å². The van der Waals surface area contributed by atoms with Crippen molar-refractivity contribution in [2.75, 3.05) is 32.1 Å². The minimum Gasteiger partial charge on any atom is -0.469 e. The largest absolute Gasteiger partial charge is 0.469 e. The minimum absolute atomic E-state index is 0.275. The second kappa shape index (κ2) is 10.6. The van der Waals surface area contributed by atoms with E-state index in [0.29, 0.717) is 31.5 Å². The monoisotopic (exact) mass is 361 g/mol. The van der Waals surface area contributed by atoms with E-state index in [1.165, 1.54) is 20.0 Å². The number of nitrogens with zero attached hydrogens (tertiary/aromatic N) is 1. The van der Waals surface area contributed by atoms with E-state index in [4.69, 9.17) is 0 Å². The van der Waals surface area contributed by atoms with Gasteiger partial charge < -0.3 is 15.4 Å². The van der Waals surface area contributed by atoms with Crippen molar-refractivity contribution in [3.8, 4) is 0 Å². The number of unbranched alkanes of at least 4 members (excludes halogenated alkanes) is 1. The van der Waals surface area contributed by atoms with Crippen LogP contribution in [0.25, 0.3) is 0 Å². The molecule has 1 aromatic carbocycles. The van der Waals surface area contributed by atoms with Gasteiger partial charge in [-0.3, -0.25) is 19.3 Å². The highest BCUT2D eigenvalue weighted by molar-refractivity contribution is 6.39. The summed E-state index contributed by atoms with van der Waals surface area (Å²) in [7, 11) is 1.34. The molecule has 1 fully saturated rings. The molecule has 142 valence electrons. The number of hydrogen-bond donors (Lipinski definition) is 2. The number of carbonyl (C=O) groups excluding carboxylic acids is 3. The minimum atomic E-state index is -0.684. The lowest BCUT2D eigenvalue weighted by Gasteiger charge is -2.15. The lowest BCUT2D eigenvalue weighted by atomic mass is 10.2. The number of hydrogen-bond acceptors (Lipinski definition) is 5. The molecule has 1 aliphatic rings. The van der Waals surface area contributed by atoms with Crippen LogP contribution in [0.15, 0.2) is 24.3 Å². The van der Waals surface area contributed by atoms with Crippen molar-refractivity contribution in [2.45, 2.75) is 38.6 Å². The smallest absolute Gasteiger partial charge is 0.313 e. The molecule has 0 unspecified atom stereocenters. The number of likely N-dealkylation sites (tertiary alicyclic amines) is 1. The third-order valence-corrected chi connectivity index (χ3v) is 4.32. The molecule has 0 bridgehead atoms. The summed E-state index contributed by atoms with van der Waals surface area (Å²) in [5, 5.41) is 5.19. The van der Waals surface area contributed by atoms with Gasteiger partial charge in [-0.05, 0) is 56.5 Å². The zero-order chi connectivity index (χ0) is 18.8. The second-order valence-electron chi connectivity index (χ2n) is 6.43. The van der Waals surface area contributed by atoms with E-state index >= 15 is 0 Å². The van der Waals surface area contributed by atoms with Crippen molar-refractivity contribution in [2.24, 2.45) is 0 Å². The molecule has 0 atom stereocenters. The molecular formula is C19H27N3O4. The first-order valence-electron chi connectivity index (χ1n) is 9.06. The van der Waals surface area contributed by atoms with E-state index < -0.39 is 11.8 Å². The third kappa shape index (κ3) is 6.84. The molecule has 0 spiro atoms. The van der Waals surface area contributed by atoms with E-state index in [0.717, 1.165) is 25.2 Å². The Hall–Kier alpha value is -2.41. The number of amides is 2. The average Bonchev–Trinajstić information content (AvgIpc) is 3.14. The van der Waals surface area contributed by atoms with Crippen LogP contribution in [-0.4, -0.2) is 49.4 Å². The fourth-order valence-corrected chi connectivity index (χ4v) is 2.91. The van der Waals surface area contributed by atoms with Crippen molar-refractivity contribution in [1.82, 2.24) is 10.2 Å². The van der Waals surface area contributed by atoms with Gasteiger partial charge in [0.2, 0.25) is 0 Å².